The zero-order valence-electron chi connectivity index (χ0n) is 13.9. The summed E-state index contributed by atoms with van der Waals surface area (Å²) in [5.74, 6) is 1.16. The Morgan fingerprint density at radius 2 is 1.88 bits per heavy atom. The molecule has 6 nitrogen and oxygen atoms in total. The Bertz CT molecular complexity index is 845. The normalized spacial score (nSPS) is 16.6. The maximum absolute atomic E-state index is 12.5. The Morgan fingerprint density at radius 3 is 2.62 bits per heavy atom. The molecule has 136 valence electrons. The van der Waals surface area contributed by atoms with E-state index in [0.29, 0.717) is 52.3 Å². The molecule has 2 aromatic rings. The van der Waals surface area contributed by atoms with Crippen LogP contribution in [0.1, 0.15) is 22.5 Å². The molecule has 0 aliphatic carbocycles. The Morgan fingerprint density at radius 1 is 1.12 bits per heavy atom. The monoisotopic (exact) mass is 392 g/mol. The Hall–Kier alpha value is -2.25. The zero-order valence-corrected chi connectivity index (χ0v) is 15.4. The quantitative estimate of drug-likeness (QED) is 0.866. The first-order valence-electron chi connectivity index (χ1n) is 8.35. The van der Waals surface area contributed by atoms with Crippen LogP contribution in [-0.2, 0) is 4.79 Å². The van der Waals surface area contributed by atoms with Gasteiger partial charge in [0, 0.05) is 30.8 Å². The smallest absolute Gasteiger partial charge is 0.263 e. The van der Waals surface area contributed by atoms with Gasteiger partial charge >= 0.3 is 0 Å². The minimum Gasteiger partial charge on any atom is -0.454 e. The number of carbonyl (C=O) groups excluding carboxylic acids is 2. The molecule has 0 radical (unpaired) electrons. The second kappa shape index (κ2) is 7.17. The van der Waals surface area contributed by atoms with Gasteiger partial charge in [-0.1, -0.05) is 11.6 Å². The Kier molecular flexibility index (Phi) is 4.74. The molecule has 8 heteroatoms. The molecule has 1 aromatic carbocycles. The maximum atomic E-state index is 12.5. The van der Waals surface area contributed by atoms with Crippen molar-refractivity contribution < 1.29 is 19.1 Å². The number of likely N-dealkylation sites (tertiary alicyclic amines) is 1. The molecule has 1 saturated heterocycles. The Balaban J connectivity index is 1.33. The summed E-state index contributed by atoms with van der Waals surface area (Å²) in [5, 5.41) is 2.93. The molecule has 2 aliphatic heterocycles. The third-order valence-electron chi connectivity index (χ3n) is 4.58. The van der Waals surface area contributed by atoms with Gasteiger partial charge < -0.3 is 19.7 Å². The molecule has 0 unspecified atom stereocenters. The molecule has 0 spiro atoms. The van der Waals surface area contributed by atoms with Crippen LogP contribution in [0.5, 0.6) is 11.5 Å². The maximum Gasteiger partial charge on any atom is 0.263 e. The summed E-state index contributed by atoms with van der Waals surface area (Å²) in [6, 6.07) is 8.81. The molecule has 1 aromatic heterocycles. The average Bonchev–Trinajstić information content (AvgIpc) is 3.29. The number of halogens is 1. The fourth-order valence-electron chi connectivity index (χ4n) is 3.15. The van der Waals surface area contributed by atoms with Gasteiger partial charge in [0.05, 0.1) is 9.21 Å². The highest BCUT2D eigenvalue weighted by atomic mass is 35.5. The summed E-state index contributed by atoms with van der Waals surface area (Å²) in [6.45, 7) is 1.33. The summed E-state index contributed by atoms with van der Waals surface area (Å²) in [7, 11) is 0. The summed E-state index contributed by atoms with van der Waals surface area (Å²) < 4.78 is 11.2. The van der Waals surface area contributed by atoms with Crippen LogP contribution in [0.15, 0.2) is 30.3 Å². The Labute approximate surface area is 159 Å². The molecule has 1 N–H and O–H groups in total. The highest BCUT2D eigenvalue weighted by molar-refractivity contribution is 7.17. The van der Waals surface area contributed by atoms with Crippen LogP contribution >= 0.6 is 22.9 Å². The summed E-state index contributed by atoms with van der Waals surface area (Å²) in [5.41, 5.74) is 0.686. The van der Waals surface area contributed by atoms with Crippen LogP contribution in [0.3, 0.4) is 0 Å². The van der Waals surface area contributed by atoms with E-state index in [4.69, 9.17) is 21.1 Å². The van der Waals surface area contributed by atoms with Crippen molar-refractivity contribution in [2.24, 2.45) is 5.92 Å². The van der Waals surface area contributed by atoms with Gasteiger partial charge in [-0.05, 0) is 37.1 Å². The van der Waals surface area contributed by atoms with E-state index in [1.54, 1.807) is 35.2 Å². The molecule has 1 fully saturated rings. The number of nitrogens with one attached hydrogen (secondary N) is 1. The molecule has 0 saturated carbocycles. The molecular weight excluding hydrogens is 376 g/mol. The summed E-state index contributed by atoms with van der Waals surface area (Å²) in [4.78, 5) is 27.4. The lowest BCUT2D eigenvalue weighted by molar-refractivity contribution is -0.121. The number of rotatable bonds is 3. The molecule has 0 atom stereocenters. The van der Waals surface area contributed by atoms with Crippen molar-refractivity contribution in [1.82, 2.24) is 4.90 Å². The first-order valence-corrected chi connectivity index (χ1v) is 9.55. The topological polar surface area (TPSA) is 67.9 Å². The number of anilines is 1. The van der Waals surface area contributed by atoms with Gasteiger partial charge in [-0.2, -0.15) is 0 Å². The lowest BCUT2D eigenvalue weighted by Crippen LogP contribution is -2.41. The van der Waals surface area contributed by atoms with Gasteiger partial charge in [0.1, 0.15) is 0 Å². The number of hydrogen-bond donors (Lipinski definition) is 1. The van der Waals surface area contributed by atoms with Gasteiger partial charge in [-0.15, -0.1) is 11.3 Å². The number of thiophene rings is 1. The fourth-order valence-corrected chi connectivity index (χ4v) is 4.16. The van der Waals surface area contributed by atoms with Crippen molar-refractivity contribution >= 4 is 40.4 Å². The van der Waals surface area contributed by atoms with E-state index in [9.17, 15) is 9.59 Å². The molecular formula is C18H17ClN2O4S. The lowest BCUT2D eigenvalue weighted by Gasteiger charge is -2.31. The van der Waals surface area contributed by atoms with Crippen LogP contribution in [0.25, 0.3) is 0 Å². The SMILES string of the molecule is O=C(Nc1ccc2c(c1)OCO2)C1CCN(C(=O)c2ccc(Cl)s2)CC1. The first-order chi connectivity index (χ1) is 12.6. The summed E-state index contributed by atoms with van der Waals surface area (Å²) in [6.07, 6.45) is 1.28. The van der Waals surface area contributed by atoms with E-state index in [0.717, 1.165) is 0 Å². The van der Waals surface area contributed by atoms with Gasteiger partial charge in [-0.25, -0.2) is 0 Å². The largest absolute Gasteiger partial charge is 0.454 e. The average molecular weight is 393 g/mol. The van der Waals surface area contributed by atoms with Crippen molar-refractivity contribution in [1.29, 1.82) is 0 Å². The predicted octanol–water partition coefficient (Wildman–Crippen LogP) is 3.62. The van der Waals surface area contributed by atoms with Crippen molar-refractivity contribution in [2.75, 3.05) is 25.2 Å². The van der Waals surface area contributed by atoms with E-state index in [-0.39, 0.29) is 24.5 Å². The minimum absolute atomic E-state index is 0.0171. The van der Waals surface area contributed by atoms with Crippen LogP contribution < -0.4 is 14.8 Å². The van der Waals surface area contributed by atoms with E-state index < -0.39 is 0 Å². The van der Waals surface area contributed by atoms with Crippen LogP contribution in [0.2, 0.25) is 4.34 Å². The van der Waals surface area contributed by atoms with Crippen molar-refractivity contribution in [3.63, 3.8) is 0 Å². The van der Waals surface area contributed by atoms with E-state index in [1.165, 1.54) is 11.3 Å². The van der Waals surface area contributed by atoms with Gasteiger partial charge in [0.15, 0.2) is 11.5 Å². The lowest BCUT2D eigenvalue weighted by atomic mass is 9.95. The van der Waals surface area contributed by atoms with Gasteiger partial charge in [0.25, 0.3) is 5.91 Å². The summed E-state index contributed by atoms with van der Waals surface area (Å²) >= 11 is 7.18. The zero-order chi connectivity index (χ0) is 18.1. The highest BCUT2D eigenvalue weighted by Crippen LogP contribution is 2.34. The van der Waals surface area contributed by atoms with E-state index in [2.05, 4.69) is 5.32 Å². The predicted molar refractivity (Wildman–Crippen MR) is 99.2 cm³/mol. The van der Waals surface area contributed by atoms with Crippen LogP contribution in [0, 0.1) is 5.92 Å². The number of fused-ring (bicyclic) bond motifs is 1. The fraction of sp³-hybridized carbons (Fsp3) is 0.333. The van der Waals surface area contributed by atoms with E-state index in [1.807, 2.05) is 0 Å². The second-order valence-corrected chi connectivity index (χ2v) is 7.94. The molecule has 4 rings (SSSR count). The number of hydrogen-bond acceptors (Lipinski definition) is 5. The van der Waals surface area contributed by atoms with Gasteiger partial charge in [-0.3, -0.25) is 9.59 Å². The number of ether oxygens (including phenoxy) is 2. The minimum atomic E-state index is -0.114. The van der Waals surface area contributed by atoms with Crippen molar-refractivity contribution in [3.05, 3.63) is 39.5 Å². The highest BCUT2D eigenvalue weighted by Gasteiger charge is 2.28. The van der Waals surface area contributed by atoms with Gasteiger partial charge in [0.2, 0.25) is 12.7 Å². The standard InChI is InChI=1S/C18H17ClN2O4S/c19-16-4-3-15(26-16)18(23)21-7-5-11(6-8-21)17(22)20-12-1-2-13-14(9-12)25-10-24-13/h1-4,9,11H,5-8,10H2,(H,20,22). The third-order valence-corrected chi connectivity index (χ3v) is 5.80. The number of piperidine rings is 1. The molecule has 26 heavy (non-hydrogen) atoms. The van der Waals surface area contributed by atoms with Crippen LogP contribution in [0.4, 0.5) is 5.69 Å². The number of amides is 2. The second-order valence-electron chi connectivity index (χ2n) is 6.23. The van der Waals surface area contributed by atoms with E-state index >= 15 is 0 Å². The van der Waals surface area contributed by atoms with Crippen molar-refractivity contribution in [2.45, 2.75) is 12.8 Å². The molecule has 0 bridgehead atoms. The molecule has 2 amide bonds. The first kappa shape index (κ1) is 17.2. The number of nitrogens with zero attached hydrogens (tertiary/aromatic N) is 1. The number of carbonyl (C=O) groups is 2. The van der Waals surface area contributed by atoms with Crippen LogP contribution in [-0.4, -0.2) is 36.6 Å². The molecule has 2 aliphatic rings. The third kappa shape index (κ3) is 3.50. The molecule has 3 heterocycles. The number of benzene rings is 1. The van der Waals surface area contributed by atoms with Crippen molar-refractivity contribution in [3.8, 4) is 11.5 Å².